The van der Waals surface area contributed by atoms with Crippen LogP contribution in [0.3, 0.4) is 0 Å². The first-order chi connectivity index (χ1) is 9.69. The summed E-state index contributed by atoms with van der Waals surface area (Å²) in [7, 11) is 1.74. The third kappa shape index (κ3) is 1.45. The highest BCUT2D eigenvalue weighted by atomic mass is 16.5. The fourth-order valence-electron chi connectivity index (χ4n) is 3.93. The van der Waals surface area contributed by atoms with Crippen molar-refractivity contribution in [3.63, 3.8) is 0 Å². The molecule has 0 spiro atoms. The largest absolute Gasteiger partial charge is 0.497 e. The van der Waals surface area contributed by atoms with Gasteiger partial charge in [0.05, 0.1) is 13.2 Å². The van der Waals surface area contributed by atoms with Gasteiger partial charge in [0.25, 0.3) is 0 Å². The van der Waals surface area contributed by atoms with E-state index in [-0.39, 0.29) is 0 Å². The highest BCUT2D eigenvalue weighted by Crippen LogP contribution is 2.53. The van der Waals surface area contributed by atoms with Crippen LogP contribution < -0.4 is 10.1 Å². The second-order valence-electron chi connectivity index (χ2n) is 5.99. The van der Waals surface area contributed by atoms with Crippen molar-refractivity contribution in [1.29, 1.82) is 0 Å². The summed E-state index contributed by atoms with van der Waals surface area (Å²) in [6, 6.07) is 11.4. The molecule has 102 valence electrons. The van der Waals surface area contributed by atoms with Crippen LogP contribution in [-0.2, 0) is 6.42 Å². The van der Waals surface area contributed by atoms with Crippen LogP contribution >= 0.6 is 0 Å². The maximum Gasteiger partial charge on any atom is 0.119 e. The minimum Gasteiger partial charge on any atom is -0.497 e. The molecule has 0 saturated heterocycles. The van der Waals surface area contributed by atoms with Crippen LogP contribution in [0.1, 0.15) is 39.8 Å². The molecule has 0 bridgehead atoms. The van der Waals surface area contributed by atoms with Crippen molar-refractivity contribution in [2.45, 2.75) is 32.2 Å². The number of nitrogens with one attached hydrogen (secondary N) is 1. The summed E-state index contributed by atoms with van der Waals surface area (Å²) in [6.45, 7) is 4.38. The minimum atomic E-state index is 0.437. The quantitative estimate of drug-likeness (QED) is 0.837. The third-order valence-electron chi connectivity index (χ3n) is 4.84. The average Bonchev–Trinajstić information content (AvgIpc) is 2.96. The molecular weight excluding hydrogens is 246 g/mol. The van der Waals surface area contributed by atoms with E-state index in [1.807, 2.05) is 0 Å². The monoisotopic (exact) mass is 265 g/mol. The molecule has 2 aliphatic rings. The van der Waals surface area contributed by atoms with Crippen molar-refractivity contribution >= 4 is 5.69 Å². The summed E-state index contributed by atoms with van der Waals surface area (Å²) in [4.78, 5) is 0. The summed E-state index contributed by atoms with van der Waals surface area (Å²) in [5, 5.41) is 3.76. The van der Waals surface area contributed by atoms with Gasteiger partial charge in [0, 0.05) is 11.6 Å². The predicted octanol–water partition coefficient (Wildman–Crippen LogP) is 4.12. The summed E-state index contributed by atoms with van der Waals surface area (Å²) < 4.78 is 5.44. The average molecular weight is 265 g/mol. The Morgan fingerprint density at radius 1 is 1.15 bits per heavy atom. The lowest BCUT2D eigenvalue weighted by atomic mass is 9.94. The van der Waals surface area contributed by atoms with Gasteiger partial charge in [-0.1, -0.05) is 18.2 Å². The van der Waals surface area contributed by atoms with Crippen LogP contribution in [0.25, 0.3) is 0 Å². The van der Waals surface area contributed by atoms with Crippen LogP contribution in [0.4, 0.5) is 5.69 Å². The van der Waals surface area contributed by atoms with Gasteiger partial charge < -0.3 is 10.1 Å². The summed E-state index contributed by atoms with van der Waals surface area (Å²) in [6.07, 6.45) is 1.13. The van der Waals surface area contributed by atoms with Gasteiger partial charge >= 0.3 is 0 Å². The first kappa shape index (κ1) is 11.8. The second kappa shape index (κ2) is 4.02. The van der Waals surface area contributed by atoms with Crippen molar-refractivity contribution < 1.29 is 4.74 Å². The van der Waals surface area contributed by atoms with E-state index >= 15 is 0 Å². The topological polar surface area (TPSA) is 21.3 Å². The second-order valence-corrected chi connectivity index (χ2v) is 5.99. The molecule has 0 radical (unpaired) electrons. The molecule has 2 aromatic rings. The first-order valence-corrected chi connectivity index (χ1v) is 7.22. The molecule has 20 heavy (non-hydrogen) atoms. The van der Waals surface area contributed by atoms with E-state index < -0.39 is 0 Å². The lowest BCUT2D eigenvalue weighted by molar-refractivity contribution is 0.414. The number of anilines is 1. The summed E-state index contributed by atoms with van der Waals surface area (Å²) in [5.74, 6) is 1.52. The highest BCUT2D eigenvalue weighted by Gasteiger charge is 2.41. The lowest BCUT2D eigenvalue weighted by Gasteiger charge is -2.14. The zero-order chi connectivity index (χ0) is 13.9. The predicted molar refractivity (Wildman–Crippen MR) is 81.7 cm³/mol. The van der Waals surface area contributed by atoms with Crippen molar-refractivity contribution in [1.82, 2.24) is 0 Å². The molecule has 2 nitrogen and oxygen atoms in total. The van der Waals surface area contributed by atoms with Gasteiger partial charge in [0.15, 0.2) is 0 Å². The highest BCUT2D eigenvalue weighted by molar-refractivity contribution is 5.70. The van der Waals surface area contributed by atoms with E-state index in [1.54, 1.807) is 7.11 Å². The Morgan fingerprint density at radius 3 is 2.80 bits per heavy atom. The van der Waals surface area contributed by atoms with Gasteiger partial charge in [-0.3, -0.25) is 0 Å². The molecule has 4 rings (SSSR count). The van der Waals surface area contributed by atoms with Gasteiger partial charge in [-0.15, -0.1) is 0 Å². The molecule has 2 aromatic carbocycles. The zero-order valence-corrected chi connectivity index (χ0v) is 12.2. The lowest BCUT2D eigenvalue weighted by Crippen LogP contribution is -2.07. The van der Waals surface area contributed by atoms with Crippen LogP contribution in [0.5, 0.6) is 5.75 Å². The molecule has 1 aliphatic heterocycles. The fourth-order valence-corrected chi connectivity index (χ4v) is 3.93. The van der Waals surface area contributed by atoms with Gasteiger partial charge in [0.1, 0.15) is 5.75 Å². The summed E-state index contributed by atoms with van der Waals surface area (Å²) in [5.41, 5.74) is 8.42. The van der Waals surface area contributed by atoms with Gasteiger partial charge in [-0.2, -0.15) is 0 Å². The Morgan fingerprint density at radius 2 is 2.00 bits per heavy atom. The van der Waals surface area contributed by atoms with Crippen molar-refractivity contribution in [3.05, 3.63) is 58.1 Å². The van der Waals surface area contributed by atoms with Crippen LogP contribution in [0.2, 0.25) is 0 Å². The standard InChI is InChI=1S/C18H19NO/c1-10-5-4-6-12-8-14-15-9-13(20-3)7-11(2)17(15)19-18(14)16(10)12/h4-7,9,14,18-19H,8H2,1-3H3. The van der Waals surface area contributed by atoms with E-state index in [9.17, 15) is 0 Å². The van der Waals surface area contributed by atoms with E-state index in [0.29, 0.717) is 12.0 Å². The Labute approximate surface area is 119 Å². The van der Waals surface area contributed by atoms with E-state index in [2.05, 4.69) is 49.5 Å². The minimum absolute atomic E-state index is 0.437. The maximum absolute atomic E-state index is 5.44. The Kier molecular flexibility index (Phi) is 2.38. The van der Waals surface area contributed by atoms with E-state index in [1.165, 1.54) is 33.5 Å². The third-order valence-corrected chi connectivity index (χ3v) is 4.84. The van der Waals surface area contributed by atoms with Crippen LogP contribution in [-0.4, -0.2) is 7.11 Å². The number of ether oxygens (including phenoxy) is 1. The number of aryl methyl sites for hydroxylation is 2. The van der Waals surface area contributed by atoms with Crippen molar-refractivity contribution in [2.24, 2.45) is 0 Å². The van der Waals surface area contributed by atoms with Crippen LogP contribution in [0, 0.1) is 13.8 Å². The van der Waals surface area contributed by atoms with E-state index in [0.717, 1.165) is 12.2 Å². The zero-order valence-electron chi connectivity index (χ0n) is 12.2. The molecule has 1 N–H and O–H groups in total. The molecule has 2 unspecified atom stereocenters. The molecule has 0 amide bonds. The molecule has 1 heterocycles. The van der Waals surface area contributed by atoms with E-state index in [4.69, 9.17) is 4.74 Å². The van der Waals surface area contributed by atoms with Crippen molar-refractivity contribution in [2.75, 3.05) is 12.4 Å². The first-order valence-electron chi connectivity index (χ1n) is 7.22. The number of hydrogen-bond donors (Lipinski definition) is 1. The molecular formula is C18H19NO. The number of benzene rings is 2. The number of methoxy groups -OCH3 is 1. The van der Waals surface area contributed by atoms with Gasteiger partial charge in [-0.25, -0.2) is 0 Å². The maximum atomic E-state index is 5.44. The van der Waals surface area contributed by atoms with Crippen LogP contribution in [0.15, 0.2) is 30.3 Å². The molecule has 1 aliphatic carbocycles. The smallest absolute Gasteiger partial charge is 0.119 e. The Hall–Kier alpha value is -1.96. The van der Waals surface area contributed by atoms with Gasteiger partial charge in [0.2, 0.25) is 0 Å². The normalized spacial score (nSPS) is 21.9. The fraction of sp³-hybridized carbons (Fsp3) is 0.333. The van der Waals surface area contributed by atoms with Gasteiger partial charge in [-0.05, 0) is 60.2 Å². The Balaban J connectivity index is 1.85. The SMILES string of the molecule is COc1cc(C)c2c(c1)C1Cc3cccc(C)c3C1N2. The molecule has 0 aromatic heterocycles. The molecule has 0 fully saturated rings. The van der Waals surface area contributed by atoms with Crippen molar-refractivity contribution in [3.8, 4) is 5.75 Å². The number of fused-ring (bicyclic) bond motifs is 5. The number of rotatable bonds is 1. The summed E-state index contributed by atoms with van der Waals surface area (Å²) >= 11 is 0. The molecule has 2 heteroatoms. The molecule has 2 atom stereocenters. The Bertz CT molecular complexity index is 705. The number of hydrogen-bond acceptors (Lipinski definition) is 2. The molecule has 0 saturated carbocycles.